The van der Waals surface area contributed by atoms with Gasteiger partial charge in [-0.2, -0.15) is 0 Å². The minimum Gasteiger partial charge on any atom is -0.118 e. The summed E-state index contributed by atoms with van der Waals surface area (Å²) in [6.45, 7) is 6.71. The van der Waals surface area contributed by atoms with Crippen molar-refractivity contribution in [3.05, 3.63) is 34.9 Å². The maximum absolute atomic E-state index is 6.68. The van der Waals surface area contributed by atoms with Gasteiger partial charge in [0.1, 0.15) is 0 Å². The van der Waals surface area contributed by atoms with Crippen LogP contribution >= 0.6 is 11.6 Å². The van der Waals surface area contributed by atoms with E-state index in [2.05, 4.69) is 39.0 Å². The molecule has 0 saturated heterocycles. The molecule has 0 spiro atoms. The van der Waals surface area contributed by atoms with E-state index in [1.807, 2.05) is 0 Å². The molecular weight excluding hydrogens is 276 g/mol. The standard InChI is InChI=1S/C20H33Cl/c1-4-7-8-9-10-11-12-13-20(21)19-16-17(5-2)14-15-18(19)6-3/h14-16,20H,4-13H2,1-3H3. The van der Waals surface area contributed by atoms with Gasteiger partial charge in [-0.15, -0.1) is 11.6 Å². The Balaban J connectivity index is 2.38. The summed E-state index contributed by atoms with van der Waals surface area (Å²) in [5.41, 5.74) is 4.21. The van der Waals surface area contributed by atoms with E-state index >= 15 is 0 Å². The van der Waals surface area contributed by atoms with Crippen molar-refractivity contribution in [1.82, 2.24) is 0 Å². The van der Waals surface area contributed by atoms with Crippen molar-refractivity contribution in [3.63, 3.8) is 0 Å². The molecule has 0 nitrogen and oxygen atoms in total. The zero-order chi connectivity index (χ0) is 15.5. The van der Waals surface area contributed by atoms with Crippen molar-refractivity contribution in [1.29, 1.82) is 0 Å². The first-order valence-electron chi connectivity index (χ1n) is 8.98. The molecule has 1 aromatic carbocycles. The van der Waals surface area contributed by atoms with Gasteiger partial charge in [0.2, 0.25) is 0 Å². The van der Waals surface area contributed by atoms with E-state index in [-0.39, 0.29) is 5.38 Å². The number of rotatable bonds is 11. The molecule has 0 aliphatic heterocycles. The molecule has 0 saturated carbocycles. The predicted molar refractivity (Wildman–Crippen MR) is 96.4 cm³/mol. The highest BCUT2D eigenvalue weighted by Gasteiger charge is 2.12. The minimum atomic E-state index is 0.196. The van der Waals surface area contributed by atoms with Crippen molar-refractivity contribution in [2.45, 2.75) is 90.4 Å². The molecule has 0 aromatic heterocycles. The Kier molecular flexibility index (Phi) is 9.83. The van der Waals surface area contributed by atoms with Crippen LogP contribution in [0, 0.1) is 0 Å². The molecule has 0 aliphatic carbocycles. The van der Waals surface area contributed by atoms with E-state index in [9.17, 15) is 0 Å². The largest absolute Gasteiger partial charge is 0.118 e. The van der Waals surface area contributed by atoms with Crippen LogP contribution in [0.25, 0.3) is 0 Å². The van der Waals surface area contributed by atoms with Crippen LogP contribution in [-0.4, -0.2) is 0 Å². The van der Waals surface area contributed by atoms with Crippen LogP contribution in [0.4, 0.5) is 0 Å². The monoisotopic (exact) mass is 308 g/mol. The summed E-state index contributed by atoms with van der Waals surface area (Å²) in [7, 11) is 0. The summed E-state index contributed by atoms with van der Waals surface area (Å²) in [4.78, 5) is 0. The molecule has 0 aliphatic rings. The van der Waals surface area contributed by atoms with Gasteiger partial charge in [-0.25, -0.2) is 0 Å². The highest BCUT2D eigenvalue weighted by atomic mass is 35.5. The quantitative estimate of drug-likeness (QED) is 0.299. The Bertz CT molecular complexity index is 383. The van der Waals surface area contributed by atoms with Gasteiger partial charge in [-0.3, -0.25) is 0 Å². The molecule has 1 rings (SSSR count). The van der Waals surface area contributed by atoms with Gasteiger partial charge in [0, 0.05) is 0 Å². The lowest BCUT2D eigenvalue weighted by molar-refractivity contribution is 0.571. The van der Waals surface area contributed by atoms with Crippen LogP contribution in [0.3, 0.4) is 0 Å². The molecule has 21 heavy (non-hydrogen) atoms. The lowest BCUT2D eigenvalue weighted by atomic mass is 9.95. The number of halogens is 1. The first-order valence-corrected chi connectivity index (χ1v) is 9.42. The summed E-state index contributed by atoms with van der Waals surface area (Å²) >= 11 is 6.68. The maximum atomic E-state index is 6.68. The third-order valence-electron chi connectivity index (χ3n) is 4.40. The fraction of sp³-hybridized carbons (Fsp3) is 0.700. The summed E-state index contributed by atoms with van der Waals surface area (Å²) in [6.07, 6.45) is 12.8. The van der Waals surface area contributed by atoms with Crippen molar-refractivity contribution >= 4 is 11.6 Å². The molecule has 0 fully saturated rings. The third kappa shape index (κ3) is 6.87. The van der Waals surface area contributed by atoms with E-state index in [0.717, 1.165) is 19.3 Å². The van der Waals surface area contributed by atoms with Crippen LogP contribution in [0.2, 0.25) is 0 Å². The smallest absolute Gasteiger partial charge is 0.0588 e. The van der Waals surface area contributed by atoms with Gasteiger partial charge < -0.3 is 0 Å². The van der Waals surface area contributed by atoms with Crippen molar-refractivity contribution in [3.8, 4) is 0 Å². The Morgan fingerprint density at radius 3 is 2.14 bits per heavy atom. The van der Waals surface area contributed by atoms with Gasteiger partial charge in [0.25, 0.3) is 0 Å². The normalized spacial score (nSPS) is 12.6. The van der Waals surface area contributed by atoms with Crippen LogP contribution in [-0.2, 0) is 12.8 Å². The molecule has 120 valence electrons. The second-order valence-corrected chi connectivity index (χ2v) is 6.64. The van der Waals surface area contributed by atoms with Crippen molar-refractivity contribution in [2.75, 3.05) is 0 Å². The molecule has 1 atom stereocenters. The van der Waals surface area contributed by atoms with E-state index in [1.54, 1.807) is 0 Å². The molecule has 0 heterocycles. The third-order valence-corrected chi connectivity index (χ3v) is 4.85. The van der Waals surface area contributed by atoms with Gasteiger partial charge >= 0.3 is 0 Å². The van der Waals surface area contributed by atoms with Crippen LogP contribution in [0.1, 0.15) is 94.2 Å². The van der Waals surface area contributed by atoms with Crippen LogP contribution in [0.15, 0.2) is 18.2 Å². The summed E-state index contributed by atoms with van der Waals surface area (Å²) in [5.74, 6) is 0. The van der Waals surface area contributed by atoms with E-state index < -0.39 is 0 Å². The molecule has 1 heteroatoms. The Hall–Kier alpha value is -0.490. The number of aryl methyl sites for hydroxylation is 2. The molecule has 0 N–H and O–H groups in total. The first kappa shape index (κ1) is 18.6. The number of hydrogen-bond acceptors (Lipinski definition) is 0. The summed E-state index contributed by atoms with van der Waals surface area (Å²) in [5, 5.41) is 0.196. The van der Waals surface area contributed by atoms with E-state index in [1.165, 1.54) is 61.6 Å². The molecule has 1 unspecified atom stereocenters. The Morgan fingerprint density at radius 2 is 1.52 bits per heavy atom. The van der Waals surface area contributed by atoms with Crippen molar-refractivity contribution in [2.24, 2.45) is 0 Å². The maximum Gasteiger partial charge on any atom is 0.0588 e. The molecule has 0 amide bonds. The fourth-order valence-corrected chi connectivity index (χ4v) is 3.27. The average Bonchev–Trinajstić information content (AvgIpc) is 2.53. The number of hydrogen-bond donors (Lipinski definition) is 0. The zero-order valence-corrected chi connectivity index (χ0v) is 15.0. The second kappa shape index (κ2) is 11.1. The van der Waals surface area contributed by atoms with Gasteiger partial charge in [-0.1, -0.05) is 83.9 Å². The molecule has 0 bridgehead atoms. The van der Waals surface area contributed by atoms with Crippen LogP contribution < -0.4 is 0 Å². The second-order valence-electron chi connectivity index (χ2n) is 6.12. The fourth-order valence-electron chi connectivity index (χ4n) is 2.91. The number of unbranched alkanes of at least 4 members (excludes halogenated alkanes) is 6. The average molecular weight is 309 g/mol. The Morgan fingerprint density at radius 1 is 0.857 bits per heavy atom. The topological polar surface area (TPSA) is 0 Å². The summed E-state index contributed by atoms with van der Waals surface area (Å²) in [6, 6.07) is 6.85. The van der Waals surface area contributed by atoms with E-state index in [0.29, 0.717) is 0 Å². The lowest BCUT2D eigenvalue weighted by Gasteiger charge is -2.15. The summed E-state index contributed by atoms with van der Waals surface area (Å²) < 4.78 is 0. The van der Waals surface area contributed by atoms with Crippen LogP contribution in [0.5, 0.6) is 0 Å². The highest BCUT2D eigenvalue weighted by molar-refractivity contribution is 6.20. The predicted octanol–water partition coefficient (Wildman–Crippen LogP) is 7.23. The number of benzene rings is 1. The molecular formula is C20H33Cl. The van der Waals surface area contributed by atoms with E-state index in [4.69, 9.17) is 11.6 Å². The van der Waals surface area contributed by atoms with Gasteiger partial charge in [0.05, 0.1) is 5.38 Å². The molecule has 1 aromatic rings. The zero-order valence-electron chi connectivity index (χ0n) is 14.3. The first-order chi connectivity index (χ1) is 10.2. The number of alkyl halides is 1. The molecule has 0 radical (unpaired) electrons. The lowest BCUT2D eigenvalue weighted by Crippen LogP contribution is -1.99. The highest BCUT2D eigenvalue weighted by Crippen LogP contribution is 2.30. The Labute approximate surface area is 137 Å². The minimum absolute atomic E-state index is 0.196. The SMILES string of the molecule is CCCCCCCCCC(Cl)c1cc(CC)ccc1CC. The van der Waals surface area contributed by atoms with Crippen molar-refractivity contribution < 1.29 is 0 Å². The van der Waals surface area contributed by atoms with Gasteiger partial charge in [-0.05, 0) is 36.0 Å². The van der Waals surface area contributed by atoms with Gasteiger partial charge in [0.15, 0.2) is 0 Å².